The molecule has 0 heterocycles. The zero-order valence-corrected chi connectivity index (χ0v) is 9.99. The minimum Gasteiger partial charge on any atom is -0.504 e. The number of anilines is 2. The Morgan fingerprint density at radius 2 is 1.63 bits per heavy atom. The summed E-state index contributed by atoms with van der Waals surface area (Å²) < 4.78 is 4.33. The van der Waals surface area contributed by atoms with Gasteiger partial charge in [-0.05, 0) is 0 Å². The van der Waals surface area contributed by atoms with Gasteiger partial charge in [0.15, 0.2) is 11.5 Å². The number of phenols is 3. The summed E-state index contributed by atoms with van der Waals surface area (Å²) in [5.74, 6) is -3.69. The molecule has 2 atom stereocenters. The highest BCUT2D eigenvalue weighted by molar-refractivity contribution is 5.84. The number of methoxy groups -OCH3 is 1. The van der Waals surface area contributed by atoms with Gasteiger partial charge in [0.25, 0.3) is 0 Å². The number of aliphatic hydroxyl groups is 1. The fourth-order valence-corrected chi connectivity index (χ4v) is 1.51. The summed E-state index contributed by atoms with van der Waals surface area (Å²) in [5, 5.41) is 38.3. The van der Waals surface area contributed by atoms with Crippen LogP contribution in [0, 0.1) is 0 Å². The highest BCUT2D eigenvalue weighted by Crippen LogP contribution is 2.48. The smallest absolute Gasteiger partial charge is 0.325 e. The highest BCUT2D eigenvalue weighted by Gasteiger charge is 2.32. The molecule has 0 radical (unpaired) electrons. The van der Waals surface area contributed by atoms with Gasteiger partial charge in [0.2, 0.25) is 5.75 Å². The van der Waals surface area contributed by atoms with E-state index in [4.69, 9.17) is 17.2 Å². The van der Waals surface area contributed by atoms with Crippen LogP contribution in [0.4, 0.5) is 11.4 Å². The summed E-state index contributed by atoms with van der Waals surface area (Å²) in [5.41, 5.74) is 15.0. The first-order chi connectivity index (χ1) is 8.73. The van der Waals surface area contributed by atoms with Crippen molar-refractivity contribution in [3.05, 3.63) is 5.56 Å². The molecule has 106 valence electrons. The number of nitrogen functional groups attached to an aromatic ring is 2. The number of carbonyl (C=O) groups excluding carboxylic acids is 1. The Morgan fingerprint density at radius 3 is 2.11 bits per heavy atom. The lowest BCUT2D eigenvalue weighted by Crippen LogP contribution is -2.38. The number of aromatic hydroxyl groups is 3. The number of benzene rings is 1. The van der Waals surface area contributed by atoms with E-state index in [0.717, 1.165) is 7.11 Å². The molecule has 0 aliphatic carbocycles. The molecule has 0 aliphatic heterocycles. The molecule has 0 fully saturated rings. The van der Waals surface area contributed by atoms with Gasteiger partial charge >= 0.3 is 5.97 Å². The van der Waals surface area contributed by atoms with Crippen LogP contribution in [-0.4, -0.2) is 39.5 Å². The largest absolute Gasteiger partial charge is 0.504 e. The van der Waals surface area contributed by atoms with Crippen LogP contribution in [0.1, 0.15) is 11.7 Å². The Hall–Kier alpha value is -2.39. The second-order valence-corrected chi connectivity index (χ2v) is 3.78. The standard InChI is InChI=1S/C10H15N3O6/c1-19-10(18)5(13)6(14)2-3(11)4(12)8(16)9(17)7(2)15/h5-6,14-17H,11-13H2,1H3. The minimum absolute atomic E-state index is 0.403. The number of nitrogens with two attached hydrogens (primary N) is 3. The maximum atomic E-state index is 11.2. The van der Waals surface area contributed by atoms with Crippen molar-refractivity contribution in [3.63, 3.8) is 0 Å². The molecule has 0 spiro atoms. The summed E-state index contributed by atoms with van der Waals surface area (Å²) in [7, 11) is 1.06. The van der Waals surface area contributed by atoms with Gasteiger partial charge in [0.1, 0.15) is 17.8 Å². The van der Waals surface area contributed by atoms with Crippen LogP contribution in [0.25, 0.3) is 0 Å². The topological polar surface area (TPSA) is 185 Å². The molecule has 10 N–H and O–H groups in total. The Kier molecular flexibility index (Phi) is 3.92. The average molecular weight is 273 g/mol. The number of rotatable bonds is 3. The Morgan fingerprint density at radius 1 is 1.11 bits per heavy atom. The lowest BCUT2D eigenvalue weighted by molar-refractivity contribution is -0.145. The molecule has 0 saturated carbocycles. The van der Waals surface area contributed by atoms with E-state index in [0.29, 0.717) is 0 Å². The van der Waals surface area contributed by atoms with Crippen LogP contribution in [0.2, 0.25) is 0 Å². The van der Waals surface area contributed by atoms with Crippen LogP contribution < -0.4 is 17.2 Å². The lowest BCUT2D eigenvalue weighted by Gasteiger charge is -2.21. The molecule has 9 heteroatoms. The van der Waals surface area contributed by atoms with Gasteiger partial charge in [-0.2, -0.15) is 0 Å². The van der Waals surface area contributed by atoms with Crippen molar-refractivity contribution in [2.75, 3.05) is 18.6 Å². The van der Waals surface area contributed by atoms with E-state index in [-0.39, 0.29) is 0 Å². The first-order valence-corrected chi connectivity index (χ1v) is 5.07. The summed E-state index contributed by atoms with van der Waals surface area (Å²) in [4.78, 5) is 11.2. The fourth-order valence-electron chi connectivity index (χ4n) is 1.51. The van der Waals surface area contributed by atoms with Crippen molar-refractivity contribution >= 4 is 17.3 Å². The normalized spacial score (nSPS) is 13.8. The third-order valence-electron chi connectivity index (χ3n) is 2.65. The van der Waals surface area contributed by atoms with Crippen molar-refractivity contribution in [3.8, 4) is 17.2 Å². The molecule has 0 saturated heterocycles. The van der Waals surface area contributed by atoms with E-state index < -0.39 is 52.3 Å². The van der Waals surface area contributed by atoms with Gasteiger partial charge in [-0.25, -0.2) is 0 Å². The molecule has 19 heavy (non-hydrogen) atoms. The molecule has 0 aliphatic rings. The maximum absolute atomic E-state index is 11.2. The van der Waals surface area contributed by atoms with Gasteiger partial charge < -0.3 is 42.4 Å². The molecule has 2 unspecified atom stereocenters. The molecular weight excluding hydrogens is 258 g/mol. The van der Waals surface area contributed by atoms with E-state index in [2.05, 4.69) is 4.74 Å². The summed E-state index contributed by atoms with van der Waals surface area (Å²) in [6.45, 7) is 0. The third-order valence-corrected chi connectivity index (χ3v) is 2.65. The molecule has 1 rings (SSSR count). The highest BCUT2D eigenvalue weighted by atomic mass is 16.5. The number of hydrogen-bond donors (Lipinski definition) is 7. The van der Waals surface area contributed by atoms with Crippen molar-refractivity contribution in [1.82, 2.24) is 0 Å². The monoisotopic (exact) mass is 273 g/mol. The average Bonchev–Trinajstić information content (AvgIpc) is 2.41. The first kappa shape index (κ1) is 14.7. The lowest BCUT2D eigenvalue weighted by atomic mass is 9.98. The summed E-state index contributed by atoms with van der Waals surface area (Å²) >= 11 is 0. The Balaban J connectivity index is 3.39. The third kappa shape index (κ3) is 2.28. The van der Waals surface area contributed by atoms with E-state index >= 15 is 0 Å². The van der Waals surface area contributed by atoms with Crippen molar-refractivity contribution in [1.29, 1.82) is 0 Å². The first-order valence-electron chi connectivity index (χ1n) is 5.07. The van der Waals surface area contributed by atoms with E-state index in [1.807, 2.05) is 0 Å². The van der Waals surface area contributed by atoms with Gasteiger partial charge in [0, 0.05) is 0 Å². The van der Waals surface area contributed by atoms with Gasteiger partial charge in [-0.15, -0.1) is 0 Å². The van der Waals surface area contributed by atoms with Crippen molar-refractivity contribution < 1.29 is 30.0 Å². The van der Waals surface area contributed by atoms with Crippen LogP contribution in [-0.2, 0) is 9.53 Å². The van der Waals surface area contributed by atoms with Crippen molar-refractivity contribution in [2.45, 2.75) is 12.1 Å². The maximum Gasteiger partial charge on any atom is 0.325 e. The second kappa shape index (κ2) is 5.08. The second-order valence-electron chi connectivity index (χ2n) is 3.78. The predicted octanol–water partition coefficient (Wildman–Crippen LogP) is -1.50. The predicted molar refractivity (Wildman–Crippen MR) is 65.2 cm³/mol. The number of hydrogen-bond acceptors (Lipinski definition) is 9. The molecule has 9 nitrogen and oxygen atoms in total. The fraction of sp³-hybridized carbons (Fsp3) is 0.300. The molecule has 1 aromatic rings. The van der Waals surface area contributed by atoms with Gasteiger partial charge in [0.05, 0.1) is 18.4 Å². The van der Waals surface area contributed by atoms with Crippen LogP contribution in [0.3, 0.4) is 0 Å². The molecular formula is C10H15N3O6. The number of aliphatic hydroxyl groups excluding tert-OH is 1. The molecule has 0 bridgehead atoms. The van der Waals surface area contributed by atoms with Crippen molar-refractivity contribution in [2.24, 2.45) is 5.73 Å². The van der Waals surface area contributed by atoms with Gasteiger partial charge in [-0.1, -0.05) is 0 Å². The Labute approximate surface area is 107 Å². The molecule has 0 amide bonds. The molecule has 0 aromatic heterocycles. The minimum atomic E-state index is -1.78. The number of esters is 1. The van der Waals surface area contributed by atoms with E-state index in [1.54, 1.807) is 0 Å². The van der Waals surface area contributed by atoms with Crippen LogP contribution in [0.15, 0.2) is 0 Å². The SMILES string of the molecule is COC(=O)C(N)C(O)c1c(N)c(N)c(O)c(O)c1O. The zero-order chi connectivity index (χ0) is 14.9. The van der Waals surface area contributed by atoms with Gasteiger partial charge in [-0.3, -0.25) is 4.79 Å². The number of carbonyl (C=O) groups is 1. The zero-order valence-electron chi connectivity index (χ0n) is 9.99. The van der Waals surface area contributed by atoms with E-state index in [1.165, 1.54) is 0 Å². The summed E-state index contributed by atoms with van der Waals surface area (Å²) in [6.07, 6.45) is -1.78. The molecule has 1 aromatic carbocycles. The van der Waals surface area contributed by atoms with Crippen LogP contribution in [0.5, 0.6) is 17.2 Å². The number of phenolic OH excluding ortho intramolecular Hbond substituents is 3. The quantitative estimate of drug-likeness (QED) is 0.149. The van der Waals surface area contributed by atoms with E-state index in [9.17, 15) is 25.2 Å². The number of ether oxygens (including phenoxy) is 1. The Bertz CT molecular complexity index is 489. The summed E-state index contributed by atoms with van der Waals surface area (Å²) in [6, 6.07) is -1.55. The van der Waals surface area contributed by atoms with Crippen LogP contribution >= 0.6 is 0 Å².